The molecule has 2 aromatic rings. The quantitative estimate of drug-likeness (QED) is 0.663. The average molecular weight is 427 g/mol. The third-order valence-corrected chi connectivity index (χ3v) is 4.22. The van der Waals surface area contributed by atoms with Gasteiger partial charge in [-0.3, -0.25) is 0 Å². The summed E-state index contributed by atoms with van der Waals surface area (Å²) in [5.41, 5.74) is 1.52. The van der Waals surface area contributed by atoms with Crippen molar-refractivity contribution in [3.8, 4) is 11.5 Å². The highest BCUT2D eigenvalue weighted by Crippen LogP contribution is 2.36. The molecule has 0 unspecified atom stereocenters. The Bertz CT molecular complexity index is 622. The van der Waals surface area contributed by atoms with E-state index in [4.69, 9.17) is 23.2 Å². The molecule has 0 heterocycles. The molecule has 0 fully saturated rings. The zero-order chi connectivity index (χ0) is 14.2. The Labute approximate surface area is 137 Å². The van der Waals surface area contributed by atoms with Crippen LogP contribution in [0.5, 0.6) is 11.5 Å². The Kier molecular flexibility index (Phi) is 4.66. The van der Waals surface area contributed by atoms with E-state index >= 15 is 0 Å². The van der Waals surface area contributed by atoms with Crippen molar-refractivity contribution in [2.45, 2.75) is 6.42 Å². The molecule has 0 atom stereocenters. The van der Waals surface area contributed by atoms with Crippen LogP contribution in [0, 0.1) is 0 Å². The highest BCUT2D eigenvalue weighted by atomic mass is 79.9. The molecule has 0 aliphatic rings. The van der Waals surface area contributed by atoms with Gasteiger partial charge < -0.3 is 10.2 Å². The normalized spacial score (nSPS) is 10.7. The monoisotopic (exact) mass is 424 g/mol. The van der Waals surface area contributed by atoms with Crippen molar-refractivity contribution >= 4 is 55.1 Å². The van der Waals surface area contributed by atoms with E-state index < -0.39 is 0 Å². The summed E-state index contributed by atoms with van der Waals surface area (Å²) in [6.07, 6.45) is 0.448. The zero-order valence-corrected chi connectivity index (χ0v) is 14.1. The number of hydrogen-bond acceptors (Lipinski definition) is 2. The summed E-state index contributed by atoms with van der Waals surface area (Å²) in [7, 11) is 0. The Morgan fingerprint density at radius 2 is 1.47 bits per heavy atom. The molecule has 100 valence electrons. The minimum Gasteiger partial charge on any atom is -0.506 e. The van der Waals surface area contributed by atoms with Gasteiger partial charge in [0.25, 0.3) is 0 Å². The summed E-state index contributed by atoms with van der Waals surface area (Å²) < 4.78 is 1.45. The number of rotatable bonds is 2. The van der Waals surface area contributed by atoms with E-state index in [1.54, 1.807) is 18.2 Å². The second-order valence-electron chi connectivity index (χ2n) is 3.98. The van der Waals surface area contributed by atoms with Crippen LogP contribution in [0.25, 0.3) is 0 Å². The summed E-state index contributed by atoms with van der Waals surface area (Å²) in [6, 6.07) is 6.82. The van der Waals surface area contributed by atoms with Crippen LogP contribution in [0.2, 0.25) is 10.0 Å². The van der Waals surface area contributed by atoms with Gasteiger partial charge in [-0.2, -0.15) is 0 Å². The lowest BCUT2D eigenvalue weighted by molar-refractivity contribution is 0.466. The van der Waals surface area contributed by atoms with Crippen molar-refractivity contribution < 1.29 is 10.2 Å². The highest BCUT2D eigenvalue weighted by molar-refractivity contribution is 9.11. The van der Waals surface area contributed by atoms with E-state index in [2.05, 4.69) is 31.9 Å². The number of phenolic OH excluding ortho intramolecular Hbond substituents is 2. The third kappa shape index (κ3) is 3.37. The fraction of sp³-hybridized carbons (Fsp3) is 0.0769. The van der Waals surface area contributed by atoms with Gasteiger partial charge in [0.1, 0.15) is 5.75 Å². The van der Waals surface area contributed by atoms with Crippen LogP contribution in [0.3, 0.4) is 0 Å². The molecule has 6 heteroatoms. The van der Waals surface area contributed by atoms with Gasteiger partial charge in [-0.1, -0.05) is 39.1 Å². The van der Waals surface area contributed by atoms with Crippen LogP contribution >= 0.6 is 55.1 Å². The van der Waals surface area contributed by atoms with E-state index in [1.165, 1.54) is 0 Å². The molecule has 0 bridgehead atoms. The molecule has 0 saturated carbocycles. The average Bonchev–Trinajstić information content (AvgIpc) is 2.32. The number of benzene rings is 2. The predicted molar refractivity (Wildman–Crippen MR) is 84.4 cm³/mol. The van der Waals surface area contributed by atoms with Gasteiger partial charge in [0.2, 0.25) is 0 Å². The molecule has 0 radical (unpaired) electrons. The molecule has 0 aliphatic heterocycles. The molecule has 0 amide bonds. The third-order valence-electron chi connectivity index (χ3n) is 2.58. The van der Waals surface area contributed by atoms with Crippen molar-refractivity contribution in [1.29, 1.82) is 0 Å². The van der Waals surface area contributed by atoms with Gasteiger partial charge in [0.15, 0.2) is 5.75 Å². The van der Waals surface area contributed by atoms with Crippen molar-refractivity contribution in [3.63, 3.8) is 0 Å². The van der Waals surface area contributed by atoms with E-state index in [0.29, 0.717) is 10.9 Å². The van der Waals surface area contributed by atoms with Gasteiger partial charge in [-0.05, 0) is 45.8 Å². The van der Waals surface area contributed by atoms with Gasteiger partial charge in [-0.15, -0.1) is 0 Å². The van der Waals surface area contributed by atoms with Crippen molar-refractivity contribution in [3.05, 3.63) is 54.4 Å². The van der Waals surface area contributed by atoms with Crippen molar-refractivity contribution in [2.75, 3.05) is 0 Å². The first-order valence-electron chi connectivity index (χ1n) is 5.22. The maximum atomic E-state index is 9.99. The van der Waals surface area contributed by atoms with Crippen LogP contribution in [-0.2, 0) is 6.42 Å². The number of phenols is 2. The van der Waals surface area contributed by atoms with E-state index in [0.717, 1.165) is 15.6 Å². The van der Waals surface area contributed by atoms with E-state index in [9.17, 15) is 10.2 Å². The number of hydrogen-bond donors (Lipinski definition) is 2. The Morgan fingerprint density at radius 3 is 2.05 bits per heavy atom. The standard InChI is InChI=1S/C13H8Br2Cl2O2/c14-8-4-7(12(18)9(15)5-8)1-6-2-10(16)13(19)11(17)3-6/h2-5,18-19H,1H2. The first-order chi connectivity index (χ1) is 8.88. The summed E-state index contributed by atoms with van der Waals surface area (Å²) in [5, 5.41) is 19.9. The van der Waals surface area contributed by atoms with Gasteiger partial charge >= 0.3 is 0 Å². The highest BCUT2D eigenvalue weighted by Gasteiger charge is 2.11. The summed E-state index contributed by atoms with van der Waals surface area (Å²) in [4.78, 5) is 0. The van der Waals surface area contributed by atoms with Crippen LogP contribution in [0.4, 0.5) is 0 Å². The zero-order valence-electron chi connectivity index (χ0n) is 9.42. The molecule has 2 nitrogen and oxygen atoms in total. The number of aromatic hydroxyl groups is 2. The molecule has 2 aromatic carbocycles. The lowest BCUT2D eigenvalue weighted by Gasteiger charge is -2.09. The first kappa shape index (κ1) is 15.0. The van der Waals surface area contributed by atoms with E-state index in [-0.39, 0.29) is 21.5 Å². The molecule has 0 aromatic heterocycles. The lowest BCUT2D eigenvalue weighted by Crippen LogP contribution is -1.91. The number of halogens is 4. The molecule has 19 heavy (non-hydrogen) atoms. The summed E-state index contributed by atoms with van der Waals surface area (Å²) in [5.74, 6) is 0.0373. The van der Waals surface area contributed by atoms with Crippen LogP contribution in [0.1, 0.15) is 11.1 Å². The van der Waals surface area contributed by atoms with Crippen LogP contribution in [0.15, 0.2) is 33.2 Å². The second kappa shape index (κ2) is 5.92. The minimum absolute atomic E-state index is 0.133. The second-order valence-corrected chi connectivity index (χ2v) is 6.56. The van der Waals surface area contributed by atoms with E-state index in [1.807, 2.05) is 6.07 Å². The van der Waals surface area contributed by atoms with Crippen LogP contribution < -0.4 is 0 Å². The van der Waals surface area contributed by atoms with Crippen LogP contribution in [-0.4, -0.2) is 10.2 Å². The van der Waals surface area contributed by atoms with Crippen molar-refractivity contribution in [2.24, 2.45) is 0 Å². The van der Waals surface area contributed by atoms with Gasteiger partial charge in [0.05, 0.1) is 14.5 Å². The molecule has 0 spiro atoms. The Balaban J connectivity index is 2.42. The first-order valence-corrected chi connectivity index (χ1v) is 7.56. The molecular weight excluding hydrogens is 419 g/mol. The maximum absolute atomic E-state index is 9.99. The molecule has 0 aliphatic carbocycles. The fourth-order valence-corrected chi connectivity index (χ4v) is 3.54. The minimum atomic E-state index is -0.133. The van der Waals surface area contributed by atoms with Crippen molar-refractivity contribution in [1.82, 2.24) is 0 Å². The van der Waals surface area contributed by atoms with Gasteiger partial charge in [0, 0.05) is 16.5 Å². The lowest BCUT2D eigenvalue weighted by atomic mass is 10.0. The molecule has 2 rings (SSSR count). The largest absolute Gasteiger partial charge is 0.506 e. The molecular formula is C13H8Br2Cl2O2. The fourth-order valence-electron chi connectivity index (χ4n) is 1.69. The Hall–Kier alpha value is -0.420. The maximum Gasteiger partial charge on any atom is 0.152 e. The molecule has 0 saturated heterocycles. The smallest absolute Gasteiger partial charge is 0.152 e. The SMILES string of the molecule is Oc1c(Cl)cc(Cc2cc(Br)cc(Br)c2O)cc1Cl. The summed E-state index contributed by atoms with van der Waals surface area (Å²) in [6.45, 7) is 0. The molecule has 2 N–H and O–H groups in total. The predicted octanol–water partition coefficient (Wildman–Crippen LogP) is 5.52. The Morgan fingerprint density at radius 1 is 0.895 bits per heavy atom. The van der Waals surface area contributed by atoms with Gasteiger partial charge in [-0.25, -0.2) is 0 Å². The summed E-state index contributed by atoms with van der Waals surface area (Å²) >= 11 is 18.4. The topological polar surface area (TPSA) is 40.5 Å².